The Kier molecular flexibility index (Phi) is 7.21. The van der Waals surface area contributed by atoms with Gasteiger partial charge >= 0.3 is 0 Å². The molecule has 2 aliphatic rings. The minimum atomic E-state index is 0.0950. The average Bonchev–Trinajstić information content (AvgIpc) is 2.85. The number of hydrogen-bond acceptors (Lipinski definition) is 9. The third kappa shape index (κ3) is 5.37. The van der Waals surface area contributed by atoms with E-state index in [1.54, 1.807) is 38.1 Å². The number of anilines is 1. The number of carbonyl (C=O) groups excluding carboxylic acids is 1. The van der Waals surface area contributed by atoms with E-state index in [1.807, 2.05) is 4.90 Å². The number of piperidine rings is 2. The molecule has 2 saturated heterocycles. The molecule has 0 unspecified atom stereocenters. The Morgan fingerprint density at radius 2 is 1.72 bits per heavy atom. The van der Waals surface area contributed by atoms with Crippen LogP contribution in [0, 0.1) is 11.8 Å². The summed E-state index contributed by atoms with van der Waals surface area (Å²) in [6, 6.07) is 0. The summed E-state index contributed by atoms with van der Waals surface area (Å²) < 4.78 is 0. The lowest BCUT2D eigenvalue weighted by molar-refractivity contribution is -0.138. The van der Waals surface area contributed by atoms with Crippen molar-refractivity contribution in [3.63, 3.8) is 0 Å². The molecule has 0 bridgehead atoms. The summed E-state index contributed by atoms with van der Waals surface area (Å²) in [5.41, 5.74) is 8.15. The van der Waals surface area contributed by atoms with Crippen molar-refractivity contribution in [3.05, 3.63) is 42.2 Å². The molecule has 10 heteroatoms. The van der Waals surface area contributed by atoms with E-state index in [0.717, 1.165) is 75.4 Å². The zero-order chi connectivity index (χ0) is 22.3. The highest BCUT2D eigenvalue weighted by Gasteiger charge is 2.32. The van der Waals surface area contributed by atoms with Crippen LogP contribution in [0.2, 0.25) is 0 Å². The highest BCUT2D eigenvalue weighted by Crippen LogP contribution is 2.26. The molecule has 0 spiro atoms. The molecule has 0 aliphatic carbocycles. The minimum Gasteiger partial charge on any atom is -0.399 e. The Bertz CT molecular complexity index is 905. The van der Waals surface area contributed by atoms with Crippen LogP contribution in [0.25, 0.3) is 0 Å². The first kappa shape index (κ1) is 22.1. The Balaban J connectivity index is 1.26. The maximum Gasteiger partial charge on any atom is 0.225 e. The topological polar surface area (TPSA) is 123 Å². The second-order valence-corrected chi connectivity index (χ2v) is 8.35. The van der Waals surface area contributed by atoms with Gasteiger partial charge in [-0.05, 0) is 38.8 Å². The number of hydrogen-bond donors (Lipinski definition) is 1. The molecule has 0 saturated carbocycles. The summed E-state index contributed by atoms with van der Waals surface area (Å²) >= 11 is 0. The lowest BCUT2D eigenvalue weighted by atomic mass is 9.88. The third-order valence-corrected chi connectivity index (χ3v) is 6.28. The third-order valence-electron chi connectivity index (χ3n) is 6.28. The zero-order valence-corrected chi connectivity index (χ0v) is 18.4. The van der Waals surface area contributed by atoms with Crippen LogP contribution < -0.4 is 5.73 Å². The molecule has 4 rings (SSSR count). The fraction of sp³-hybridized carbons (Fsp3) is 0.545. The van der Waals surface area contributed by atoms with E-state index >= 15 is 0 Å². The zero-order valence-electron chi connectivity index (χ0n) is 18.4. The Morgan fingerprint density at radius 1 is 1.03 bits per heavy atom. The fourth-order valence-electron chi connectivity index (χ4n) is 4.53. The summed E-state index contributed by atoms with van der Waals surface area (Å²) in [6.07, 6.45) is 12.0. The van der Waals surface area contributed by atoms with Gasteiger partial charge in [0.2, 0.25) is 11.9 Å². The van der Waals surface area contributed by atoms with Gasteiger partial charge in [-0.15, -0.1) is 0 Å². The van der Waals surface area contributed by atoms with Gasteiger partial charge in [0.25, 0.3) is 0 Å². The van der Waals surface area contributed by atoms with E-state index in [2.05, 4.69) is 30.0 Å². The predicted octanol–water partition coefficient (Wildman–Crippen LogP) is 1.35. The van der Waals surface area contributed by atoms with Gasteiger partial charge in [-0.25, -0.2) is 9.97 Å². The van der Waals surface area contributed by atoms with Gasteiger partial charge in [0.1, 0.15) is 18.5 Å². The van der Waals surface area contributed by atoms with E-state index in [-0.39, 0.29) is 17.7 Å². The summed E-state index contributed by atoms with van der Waals surface area (Å²) in [7, 11) is 1.54. The molecule has 32 heavy (non-hydrogen) atoms. The highest BCUT2D eigenvalue weighted by molar-refractivity contribution is 6.00. The first-order valence-corrected chi connectivity index (χ1v) is 11.1. The summed E-state index contributed by atoms with van der Waals surface area (Å²) in [6.45, 7) is 4.05. The number of nitrogens with zero attached hydrogens (tertiary/aromatic N) is 7. The molecule has 0 aromatic carbocycles. The summed E-state index contributed by atoms with van der Waals surface area (Å²) in [4.78, 5) is 39.2. The minimum absolute atomic E-state index is 0.0950. The Hall–Kier alpha value is -3.14. The van der Waals surface area contributed by atoms with Gasteiger partial charge in [-0.2, -0.15) is 0 Å². The van der Waals surface area contributed by atoms with E-state index in [1.165, 1.54) is 0 Å². The second-order valence-electron chi connectivity index (χ2n) is 8.35. The Morgan fingerprint density at radius 3 is 2.34 bits per heavy atom. The lowest BCUT2D eigenvalue weighted by Crippen LogP contribution is -2.46. The van der Waals surface area contributed by atoms with Crippen molar-refractivity contribution >= 4 is 17.6 Å². The van der Waals surface area contributed by atoms with Gasteiger partial charge in [0, 0.05) is 61.8 Å². The van der Waals surface area contributed by atoms with Crippen LogP contribution in [0.5, 0.6) is 0 Å². The van der Waals surface area contributed by atoms with Crippen molar-refractivity contribution in [2.24, 2.45) is 17.0 Å². The number of nitrogens with two attached hydrogens (primary N) is 1. The lowest BCUT2D eigenvalue weighted by Gasteiger charge is -2.37. The molecular formula is C22H30N8O2. The quantitative estimate of drug-likeness (QED) is 0.530. The molecule has 1 amide bonds. The van der Waals surface area contributed by atoms with Gasteiger partial charge in [-0.1, -0.05) is 5.16 Å². The Labute approximate surface area is 187 Å². The van der Waals surface area contributed by atoms with Crippen molar-refractivity contribution in [2.75, 3.05) is 39.0 Å². The molecule has 2 fully saturated rings. The normalized spacial score (nSPS) is 19.2. The molecule has 170 valence electrons. The van der Waals surface area contributed by atoms with Crippen LogP contribution in [-0.2, 0) is 16.2 Å². The van der Waals surface area contributed by atoms with Gasteiger partial charge in [0.05, 0.1) is 6.20 Å². The van der Waals surface area contributed by atoms with Crippen molar-refractivity contribution < 1.29 is 9.63 Å². The van der Waals surface area contributed by atoms with Crippen molar-refractivity contribution in [1.82, 2.24) is 29.7 Å². The first-order valence-electron chi connectivity index (χ1n) is 11.1. The van der Waals surface area contributed by atoms with Crippen LogP contribution in [0.1, 0.15) is 36.9 Å². The number of likely N-dealkylation sites (tertiary alicyclic amines) is 2. The molecule has 0 radical (unpaired) electrons. The van der Waals surface area contributed by atoms with E-state index < -0.39 is 0 Å². The fourth-order valence-corrected chi connectivity index (χ4v) is 4.53. The molecule has 10 nitrogen and oxygen atoms in total. The molecule has 2 aromatic rings. The monoisotopic (exact) mass is 438 g/mol. The SMILES string of the molecule is CON=C(c1cnccn1)C1CCN(C(=O)C2CCN(Cc3cnc(N)nc3)CC2)CC1. The van der Waals surface area contributed by atoms with Crippen LogP contribution in [0.3, 0.4) is 0 Å². The van der Waals surface area contributed by atoms with Gasteiger partial charge in [-0.3, -0.25) is 19.7 Å². The summed E-state index contributed by atoms with van der Waals surface area (Å²) in [5, 5.41) is 4.21. The maximum atomic E-state index is 13.1. The molecule has 0 atom stereocenters. The number of rotatable bonds is 6. The van der Waals surface area contributed by atoms with E-state index in [0.29, 0.717) is 5.95 Å². The molecule has 2 N–H and O–H groups in total. The summed E-state index contributed by atoms with van der Waals surface area (Å²) in [5.74, 6) is 0.875. The maximum absolute atomic E-state index is 13.1. The van der Waals surface area contributed by atoms with Crippen LogP contribution in [0.4, 0.5) is 5.95 Å². The smallest absolute Gasteiger partial charge is 0.225 e. The number of amides is 1. The van der Waals surface area contributed by atoms with Crippen LogP contribution >= 0.6 is 0 Å². The van der Waals surface area contributed by atoms with E-state index in [4.69, 9.17) is 10.6 Å². The van der Waals surface area contributed by atoms with Crippen molar-refractivity contribution in [3.8, 4) is 0 Å². The second kappa shape index (κ2) is 10.4. The van der Waals surface area contributed by atoms with Crippen LogP contribution in [-0.4, -0.2) is 74.6 Å². The molecule has 2 aliphatic heterocycles. The van der Waals surface area contributed by atoms with Crippen molar-refractivity contribution in [1.29, 1.82) is 0 Å². The van der Waals surface area contributed by atoms with Gasteiger partial charge in [0.15, 0.2) is 0 Å². The van der Waals surface area contributed by atoms with E-state index in [9.17, 15) is 4.79 Å². The molecule has 2 aromatic heterocycles. The predicted molar refractivity (Wildman–Crippen MR) is 119 cm³/mol. The molecular weight excluding hydrogens is 408 g/mol. The number of nitrogen functional groups attached to an aromatic ring is 1. The molecule has 4 heterocycles. The average molecular weight is 439 g/mol. The number of oxime groups is 1. The van der Waals surface area contributed by atoms with Crippen LogP contribution in [0.15, 0.2) is 36.1 Å². The first-order chi connectivity index (χ1) is 15.6. The number of carbonyl (C=O) groups is 1. The standard InChI is InChI=1S/C22H30N8O2/c1-32-28-20(19-14-24-6-7-25-19)17-4-10-30(11-5-17)21(31)18-2-8-29(9-3-18)15-16-12-26-22(23)27-13-16/h6-7,12-14,17-18H,2-5,8-11,15H2,1H3,(H2,23,26,27). The highest BCUT2D eigenvalue weighted by atomic mass is 16.6. The number of aromatic nitrogens is 4. The van der Waals surface area contributed by atoms with Gasteiger partial charge < -0.3 is 15.5 Å². The van der Waals surface area contributed by atoms with Crippen molar-refractivity contribution in [2.45, 2.75) is 32.2 Å². The largest absolute Gasteiger partial charge is 0.399 e.